The number of carbonyl (C=O) groups is 5. The minimum absolute atomic E-state index is 0.0415. The number of aromatic hydroxyl groups is 1. The summed E-state index contributed by atoms with van der Waals surface area (Å²) in [7, 11) is 0. The lowest BCUT2D eigenvalue weighted by Crippen LogP contribution is -2.71. The van der Waals surface area contributed by atoms with Crippen LogP contribution in [0.25, 0.3) is 0 Å². The zero-order valence-corrected chi connectivity index (χ0v) is 21.7. The number of hydrogen-bond donors (Lipinski definition) is 5. The summed E-state index contributed by atoms with van der Waals surface area (Å²) in [6.07, 6.45) is 2.82. The van der Waals surface area contributed by atoms with Gasteiger partial charge in [-0.25, -0.2) is 24.3 Å². The number of rotatable bonds is 7. The average molecular weight is 559 g/mol. The summed E-state index contributed by atoms with van der Waals surface area (Å²) < 4.78 is 4.19. The number of hydrazine groups is 1. The molecule has 0 bridgehead atoms. The van der Waals surface area contributed by atoms with E-state index in [1.807, 2.05) is 0 Å². The van der Waals surface area contributed by atoms with E-state index in [2.05, 4.69) is 16.1 Å². The van der Waals surface area contributed by atoms with Gasteiger partial charge in [-0.15, -0.1) is 11.8 Å². The number of phenols is 1. The molecule has 1 unspecified atom stereocenters. The third-order valence-electron chi connectivity index (χ3n) is 6.77. The SMILES string of the molecule is CC1(C)S[C@@H]2[C@H](NC(=O)C(NC(=O)N3CCN(Nc4ccoc4)C3=O)c3ccc(O)cc3)C(=O)N2[C@H]1C(=O)O. The van der Waals surface area contributed by atoms with Crippen molar-refractivity contribution in [2.75, 3.05) is 18.5 Å². The predicted molar refractivity (Wildman–Crippen MR) is 136 cm³/mol. The number of aliphatic carboxylic acids is 1. The lowest BCUT2D eigenvalue weighted by atomic mass is 9.95. The van der Waals surface area contributed by atoms with Crippen molar-refractivity contribution in [1.29, 1.82) is 0 Å². The molecular weight excluding hydrogens is 532 g/mol. The van der Waals surface area contributed by atoms with Crippen LogP contribution in [0.15, 0.2) is 47.3 Å². The number of urea groups is 2. The molecule has 15 heteroatoms. The van der Waals surface area contributed by atoms with Crippen LogP contribution in [0.3, 0.4) is 0 Å². The topological polar surface area (TPSA) is 185 Å². The summed E-state index contributed by atoms with van der Waals surface area (Å²) >= 11 is 1.27. The fraction of sp³-hybridized carbons (Fsp3) is 0.375. The van der Waals surface area contributed by atoms with Crippen LogP contribution in [0.2, 0.25) is 0 Å². The van der Waals surface area contributed by atoms with Gasteiger partial charge in [0, 0.05) is 10.8 Å². The van der Waals surface area contributed by atoms with E-state index in [0.29, 0.717) is 11.3 Å². The first-order valence-electron chi connectivity index (χ1n) is 12.0. The summed E-state index contributed by atoms with van der Waals surface area (Å²) in [5.41, 5.74) is 3.64. The highest BCUT2D eigenvalue weighted by Gasteiger charge is 2.64. The Hall–Kier alpha value is -4.40. The molecular formula is C24H26N6O8S. The molecule has 1 aromatic heterocycles. The number of nitrogens with zero attached hydrogens (tertiary/aromatic N) is 3. The van der Waals surface area contributed by atoms with Crippen LogP contribution < -0.4 is 16.1 Å². The molecule has 3 aliphatic heterocycles. The first-order chi connectivity index (χ1) is 18.5. The van der Waals surface area contributed by atoms with Gasteiger partial charge >= 0.3 is 18.0 Å². The molecule has 5 N–H and O–H groups in total. The number of nitrogens with one attached hydrogen (secondary N) is 3. The van der Waals surface area contributed by atoms with Crippen LogP contribution in [0, 0.1) is 0 Å². The summed E-state index contributed by atoms with van der Waals surface area (Å²) in [6.45, 7) is 3.66. The van der Waals surface area contributed by atoms with Crippen molar-refractivity contribution in [3.05, 3.63) is 48.4 Å². The molecule has 4 atom stereocenters. The molecule has 1 aromatic carbocycles. The molecule has 0 aliphatic carbocycles. The Bertz CT molecular complexity index is 1320. The van der Waals surface area contributed by atoms with E-state index in [9.17, 15) is 34.2 Å². The summed E-state index contributed by atoms with van der Waals surface area (Å²) in [6, 6.07) is 2.30. The molecule has 3 aliphatic rings. The predicted octanol–water partition coefficient (Wildman–Crippen LogP) is 1.13. The van der Waals surface area contributed by atoms with Crippen molar-refractivity contribution in [3.63, 3.8) is 0 Å². The molecule has 0 spiro atoms. The quantitative estimate of drug-likeness (QED) is 0.309. The van der Waals surface area contributed by atoms with Crippen molar-refractivity contribution >= 4 is 47.3 Å². The van der Waals surface area contributed by atoms with E-state index in [0.717, 1.165) is 4.90 Å². The zero-order chi connectivity index (χ0) is 28.1. The number of carbonyl (C=O) groups excluding carboxylic acids is 4. The molecule has 14 nitrogen and oxygen atoms in total. The van der Waals surface area contributed by atoms with Gasteiger partial charge in [-0.3, -0.25) is 15.0 Å². The van der Waals surface area contributed by atoms with Gasteiger partial charge in [0.25, 0.3) is 0 Å². The number of anilines is 1. The second kappa shape index (κ2) is 9.72. The maximum atomic E-state index is 13.4. The van der Waals surface area contributed by atoms with E-state index >= 15 is 0 Å². The van der Waals surface area contributed by atoms with Crippen molar-refractivity contribution in [2.45, 2.75) is 42.1 Å². The smallest absolute Gasteiger partial charge is 0.346 e. The van der Waals surface area contributed by atoms with Gasteiger partial charge in [0.1, 0.15) is 35.5 Å². The third kappa shape index (κ3) is 4.69. The number of carboxylic acids is 1. The average Bonchev–Trinajstić information content (AvgIpc) is 3.59. The van der Waals surface area contributed by atoms with Gasteiger partial charge in [-0.05, 0) is 31.5 Å². The first kappa shape index (κ1) is 26.2. The van der Waals surface area contributed by atoms with E-state index in [1.165, 1.54) is 58.5 Å². The van der Waals surface area contributed by atoms with Gasteiger partial charge in [-0.1, -0.05) is 12.1 Å². The Morgan fingerprint density at radius 1 is 1.13 bits per heavy atom. The molecule has 5 rings (SSSR count). The first-order valence-corrected chi connectivity index (χ1v) is 12.9. The maximum Gasteiger partial charge on any atom is 0.346 e. The molecule has 4 heterocycles. The van der Waals surface area contributed by atoms with Gasteiger partial charge in [0.15, 0.2) is 0 Å². The van der Waals surface area contributed by atoms with Crippen LogP contribution in [-0.2, 0) is 14.4 Å². The Balaban J connectivity index is 1.30. The number of fused-ring (bicyclic) bond motifs is 1. The van der Waals surface area contributed by atoms with Crippen LogP contribution in [0.5, 0.6) is 5.75 Å². The third-order valence-corrected chi connectivity index (χ3v) is 8.34. The number of hydrogen-bond acceptors (Lipinski definition) is 9. The number of benzene rings is 1. The Kier molecular flexibility index (Phi) is 6.54. The van der Waals surface area contributed by atoms with Crippen molar-refractivity contribution in [2.24, 2.45) is 0 Å². The van der Waals surface area contributed by atoms with Crippen LogP contribution >= 0.6 is 11.8 Å². The minimum atomic E-state index is -1.32. The summed E-state index contributed by atoms with van der Waals surface area (Å²) in [5, 5.41) is 25.1. The van der Waals surface area contributed by atoms with Crippen molar-refractivity contribution < 1.29 is 38.6 Å². The van der Waals surface area contributed by atoms with E-state index in [-0.39, 0.29) is 18.8 Å². The number of carboxylic acid groups (broad SMARTS) is 1. The Morgan fingerprint density at radius 3 is 2.49 bits per heavy atom. The standard InChI is InChI=1S/C24H26N6O8S/c1-24(2)17(21(34)35)30-19(33)16(20(30)39-24)25-18(32)15(12-3-5-14(31)6-4-12)26-22(36)28-8-9-29(23(28)37)27-13-7-10-38-11-13/h3-7,10-11,15-17,20,27,31H,8-9H2,1-2H3,(H,25,32)(H,26,36)(H,34,35)/t15?,16-,17+,20-/m1/s1. The van der Waals surface area contributed by atoms with Gasteiger partial charge in [0.05, 0.1) is 25.0 Å². The maximum absolute atomic E-state index is 13.4. The van der Waals surface area contributed by atoms with E-state index < -0.39 is 58.1 Å². The molecule has 39 heavy (non-hydrogen) atoms. The number of amides is 6. The second-order valence-corrected chi connectivity index (χ2v) is 11.5. The van der Waals surface area contributed by atoms with Gasteiger partial charge < -0.3 is 30.2 Å². The molecule has 206 valence electrons. The monoisotopic (exact) mass is 558 g/mol. The highest BCUT2D eigenvalue weighted by molar-refractivity contribution is 8.01. The summed E-state index contributed by atoms with van der Waals surface area (Å²) in [5.74, 6) is -2.46. The number of β-lactam (4-membered cyclic amide) rings is 1. The molecule has 3 fully saturated rings. The molecule has 2 aromatic rings. The Labute approximate surface area is 226 Å². The van der Waals surface area contributed by atoms with E-state index in [4.69, 9.17) is 4.42 Å². The molecule has 0 radical (unpaired) electrons. The van der Waals surface area contributed by atoms with Crippen molar-refractivity contribution in [3.8, 4) is 5.75 Å². The van der Waals surface area contributed by atoms with Crippen LogP contribution in [0.4, 0.5) is 15.3 Å². The number of imide groups is 1. The fourth-order valence-electron chi connectivity index (χ4n) is 4.86. The highest BCUT2D eigenvalue weighted by Crippen LogP contribution is 2.50. The van der Waals surface area contributed by atoms with Crippen molar-refractivity contribution in [1.82, 2.24) is 25.4 Å². The van der Waals surface area contributed by atoms with Crippen LogP contribution in [-0.4, -0.2) is 90.2 Å². The zero-order valence-electron chi connectivity index (χ0n) is 20.9. The summed E-state index contributed by atoms with van der Waals surface area (Å²) in [4.78, 5) is 66.2. The largest absolute Gasteiger partial charge is 0.508 e. The fourth-order valence-corrected chi connectivity index (χ4v) is 6.49. The van der Waals surface area contributed by atoms with Gasteiger partial charge in [-0.2, -0.15) is 0 Å². The number of phenolic OH excluding ortho intramolecular Hbond substituents is 1. The highest BCUT2D eigenvalue weighted by atomic mass is 32.2. The molecule has 6 amide bonds. The van der Waals surface area contributed by atoms with E-state index in [1.54, 1.807) is 19.9 Å². The lowest BCUT2D eigenvalue weighted by molar-refractivity contribution is -0.161. The lowest BCUT2D eigenvalue weighted by Gasteiger charge is -2.44. The second-order valence-electron chi connectivity index (χ2n) is 9.77. The molecule has 0 saturated carbocycles. The Morgan fingerprint density at radius 2 is 1.85 bits per heavy atom. The van der Waals surface area contributed by atoms with Crippen LogP contribution in [0.1, 0.15) is 25.5 Å². The van der Waals surface area contributed by atoms with Gasteiger partial charge in [0.2, 0.25) is 11.8 Å². The molecule has 3 saturated heterocycles. The minimum Gasteiger partial charge on any atom is -0.508 e. The number of thioether (sulfide) groups is 1. The normalized spacial score (nSPS) is 24.2. The number of furan rings is 1.